The molecular weight excluding hydrogens is 333 g/mol. The number of rotatable bonds is 9. The first-order valence-corrected chi connectivity index (χ1v) is 9.44. The molecule has 0 aliphatic heterocycles. The van der Waals surface area contributed by atoms with Crippen LogP contribution >= 0.6 is 0 Å². The molecule has 142 valence electrons. The fourth-order valence-corrected chi connectivity index (χ4v) is 3.12. The van der Waals surface area contributed by atoms with E-state index in [-0.39, 0.29) is 30.5 Å². The number of amides is 1. The van der Waals surface area contributed by atoms with Crippen LogP contribution in [0.1, 0.15) is 51.0 Å². The lowest BCUT2D eigenvalue weighted by Gasteiger charge is -2.24. The van der Waals surface area contributed by atoms with E-state index in [9.17, 15) is 14.0 Å². The van der Waals surface area contributed by atoms with Crippen molar-refractivity contribution in [3.8, 4) is 0 Å². The van der Waals surface area contributed by atoms with Gasteiger partial charge < -0.3 is 9.64 Å². The van der Waals surface area contributed by atoms with Crippen molar-refractivity contribution >= 4 is 11.9 Å². The molecule has 0 saturated heterocycles. The molecule has 0 bridgehead atoms. The van der Waals surface area contributed by atoms with Crippen LogP contribution in [-0.4, -0.2) is 36.5 Å². The molecule has 0 N–H and O–H groups in total. The molecule has 0 atom stereocenters. The van der Waals surface area contributed by atoms with Gasteiger partial charge in [0, 0.05) is 13.1 Å². The number of allylic oxidation sites excluding steroid dienone is 1. The molecular formula is C21H28FNO3. The summed E-state index contributed by atoms with van der Waals surface area (Å²) in [6.07, 6.45) is 8.18. The van der Waals surface area contributed by atoms with Gasteiger partial charge in [-0.15, -0.1) is 0 Å². The highest BCUT2D eigenvalue weighted by atomic mass is 19.1. The zero-order valence-electron chi connectivity index (χ0n) is 15.5. The Bertz CT molecular complexity index is 625. The Labute approximate surface area is 155 Å². The van der Waals surface area contributed by atoms with Crippen LogP contribution in [0.25, 0.3) is 0 Å². The van der Waals surface area contributed by atoms with Crippen molar-refractivity contribution < 1.29 is 18.7 Å². The van der Waals surface area contributed by atoms with Gasteiger partial charge >= 0.3 is 5.97 Å². The van der Waals surface area contributed by atoms with E-state index < -0.39 is 0 Å². The van der Waals surface area contributed by atoms with Crippen molar-refractivity contribution in [1.29, 1.82) is 0 Å². The van der Waals surface area contributed by atoms with E-state index in [2.05, 4.69) is 6.08 Å². The third-order valence-corrected chi connectivity index (χ3v) is 4.60. The minimum Gasteiger partial charge on any atom is -0.466 e. The molecule has 1 aliphatic rings. The number of nitrogens with zero attached hydrogens (tertiary/aromatic N) is 1. The lowest BCUT2D eigenvalue weighted by molar-refractivity contribution is -0.144. The van der Waals surface area contributed by atoms with E-state index in [1.807, 2.05) is 0 Å². The predicted octanol–water partition coefficient (Wildman–Crippen LogP) is 4.04. The molecule has 0 spiro atoms. The Balaban J connectivity index is 1.95. The van der Waals surface area contributed by atoms with Gasteiger partial charge in [0.25, 0.3) is 0 Å². The van der Waals surface area contributed by atoms with Crippen molar-refractivity contribution in [2.45, 2.75) is 51.9 Å². The van der Waals surface area contributed by atoms with Gasteiger partial charge in [0.2, 0.25) is 5.91 Å². The topological polar surface area (TPSA) is 46.6 Å². The van der Waals surface area contributed by atoms with E-state index in [1.165, 1.54) is 30.5 Å². The zero-order chi connectivity index (χ0) is 18.8. The summed E-state index contributed by atoms with van der Waals surface area (Å²) in [4.78, 5) is 26.1. The molecule has 5 heteroatoms. The molecule has 1 aromatic carbocycles. The van der Waals surface area contributed by atoms with Crippen molar-refractivity contribution in [2.75, 3.05) is 19.7 Å². The molecule has 2 rings (SSSR count). The number of ether oxygens (including phenoxy) is 1. The first kappa shape index (κ1) is 20.1. The molecule has 4 nitrogen and oxygen atoms in total. The van der Waals surface area contributed by atoms with Crippen molar-refractivity contribution in [3.63, 3.8) is 0 Å². The monoisotopic (exact) mass is 361 g/mol. The lowest BCUT2D eigenvalue weighted by Crippen LogP contribution is -2.35. The second-order valence-electron chi connectivity index (χ2n) is 6.60. The summed E-state index contributed by atoms with van der Waals surface area (Å²) in [6, 6.07) is 5.97. The Morgan fingerprint density at radius 1 is 1.15 bits per heavy atom. The predicted molar refractivity (Wildman–Crippen MR) is 99.1 cm³/mol. The Hall–Kier alpha value is -2.17. The van der Waals surface area contributed by atoms with Gasteiger partial charge in [0.05, 0.1) is 19.4 Å². The second kappa shape index (κ2) is 10.7. The normalized spacial score (nSPS) is 13.8. The van der Waals surface area contributed by atoms with Crippen LogP contribution < -0.4 is 0 Å². The molecule has 26 heavy (non-hydrogen) atoms. The third-order valence-electron chi connectivity index (χ3n) is 4.60. The molecule has 0 saturated carbocycles. The van der Waals surface area contributed by atoms with Gasteiger partial charge in [-0.2, -0.15) is 0 Å². The summed E-state index contributed by atoms with van der Waals surface area (Å²) in [5.41, 5.74) is 2.17. The quantitative estimate of drug-likeness (QED) is 0.493. The highest BCUT2D eigenvalue weighted by molar-refractivity contribution is 5.79. The van der Waals surface area contributed by atoms with Crippen molar-refractivity contribution in [1.82, 2.24) is 4.90 Å². The number of carbonyl (C=O) groups excluding carboxylic acids is 2. The summed E-state index contributed by atoms with van der Waals surface area (Å²) in [5, 5.41) is 0. The molecule has 0 unspecified atom stereocenters. The van der Waals surface area contributed by atoms with Gasteiger partial charge in [-0.25, -0.2) is 4.39 Å². The Morgan fingerprint density at radius 3 is 2.58 bits per heavy atom. The van der Waals surface area contributed by atoms with Crippen molar-refractivity contribution in [2.24, 2.45) is 0 Å². The number of hydrogen-bond acceptors (Lipinski definition) is 3. The van der Waals surface area contributed by atoms with E-state index >= 15 is 0 Å². The molecule has 1 aromatic rings. The van der Waals surface area contributed by atoms with Crippen LogP contribution in [-0.2, 0) is 20.7 Å². The minimum atomic E-state index is -0.315. The number of halogens is 1. The van der Waals surface area contributed by atoms with Gasteiger partial charge in [-0.1, -0.05) is 23.8 Å². The maximum Gasteiger partial charge on any atom is 0.307 e. The molecule has 1 amide bonds. The molecule has 0 radical (unpaired) electrons. The maximum absolute atomic E-state index is 13.0. The van der Waals surface area contributed by atoms with Crippen LogP contribution in [0.4, 0.5) is 4.39 Å². The second-order valence-corrected chi connectivity index (χ2v) is 6.60. The van der Waals surface area contributed by atoms with Gasteiger partial charge in [-0.3, -0.25) is 9.59 Å². The summed E-state index contributed by atoms with van der Waals surface area (Å²) >= 11 is 0. The van der Waals surface area contributed by atoms with Gasteiger partial charge in [0.1, 0.15) is 5.82 Å². The van der Waals surface area contributed by atoms with Gasteiger partial charge in [-0.05, 0) is 56.7 Å². The number of esters is 1. The van der Waals surface area contributed by atoms with E-state index in [0.29, 0.717) is 19.7 Å². The van der Waals surface area contributed by atoms with Crippen LogP contribution in [0.3, 0.4) is 0 Å². The van der Waals surface area contributed by atoms with E-state index in [4.69, 9.17) is 4.74 Å². The minimum absolute atomic E-state index is 0.0442. The Morgan fingerprint density at radius 2 is 1.92 bits per heavy atom. The summed E-state index contributed by atoms with van der Waals surface area (Å²) < 4.78 is 18.0. The van der Waals surface area contributed by atoms with Crippen molar-refractivity contribution in [3.05, 3.63) is 47.3 Å². The average molecular weight is 361 g/mol. The third kappa shape index (κ3) is 6.98. The van der Waals surface area contributed by atoms with Crippen LogP contribution in [0, 0.1) is 5.82 Å². The Kier molecular flexibility index (Phi) is 8.32. The molecule has 0 aromatic heterocycles. The molecule has 1 aliphatic carbocycles. The molecule has 0 fully saturated rings. The first-order chi connectivity index (χ1) is 12.6. The summed E-state index contributed by atoms with van der Waals surface area (Å²) in [6.45, 7) is 3.07. The number of benzene rings is 1. The van der Waals surface area contributed by atoms with E-state index in [1.54, 1.807) is 24.0 Å². The highest BCUT2D eigenvalue weighted by Crippen LogP contribution is 2.20. The SMILES string of the molecule is CCOC(=O)CCN(CCC1=CCCCC1)C(=O)Cc1ccc(F)cc1. The lowest BCUT2D eigenvalue weighted by atomic mass is 9.97. The summed E-state index contributed by atoms with van der Waals surface area (Å²) in [7, 11) is 0. The van der Waals surface area contributed by atoms with Crippen LogP contribution in [0.5, 0.6) is 0 Å². The average Bonchev–Trinajstić information content (AvgIpc) is 2.64. The fourth-order valence-electron chi connectivity index (χ4n) is 3.12. The number of hydrogen-bond donors (Lipinski definition) is 0. The van der Waals surface area contributed by atoms with Crippen LogP contribution in [0.2, 0.25) is 0 Å². The van der Waals surface area contributed by atoms with Crippen LogP contribution in [0.15, 0.2) is 35.9 Å². The summed E-state index contributed by atoms with van der Waals surface area (Å²) in [5.74, 6) is -0.647. The number of carbonyl (C=O) groups is 2. The van der Waals surface area contributed by atoms with Gasteiger partial charge in [0.15, 0.2) is 0 Å². The largest absolute Gasteiger partial charge is 0.466 e. The fraction of sp³-hybridized carbons (Fsp3) is 0.524. The standard InChI is InChI=1S/C21H28FNO3/c1-2-26-21(25)13-15-23(14-12-17-6-4-3-5-7-17)20(24)16-18-8-10-19(22)11-9-18/h6,8-11H,2-5,7,12-16H2,1H3. The molecule has 0 heterocycles. The smallest absolute Gasteiger partial charge is 0.307 e. The highest BCUT2D eigenvalue weighted by Gasteiger charge is 2.17. The van der Waals surface area contributed by atoms with E-state index in [0.717, 1.165) is 24.8 Å². The maximum atomic E-state index is 13.0. The first-order valence-electron chi connectivity index (χ1n) is 9.44. The zero-order valence-corrected chi connectivity index (χ0v) is 15.5.